The summed E-state index contributed by atoms with van der Waals surface area (Å²) in [5.41, 5.74) is 5.23. The van der Waals surface area contributed by atoms with Crippen molar-refractivity contribution in [3.63, 3.8) is 0 Å². The van der Waals surface area contributed by atoms with Gasteiger partial charge in [-0.2, -0.15) is 5.10 Å². The van der Waals surface area contributed by atoms with Gasteiger partial charge in [0.1, 0.15) is 5.56 Å². The van der Waals surface area contributed by atoms with E-state index in [1.807, 2.05) is 49.4 Å². The van der Waals surface area contributed by atoms with Gasteiger partial charge in [0.25, 0.3) is 11.5 Å². The molecule has 0 aliphatic heterocycles. The smallest absolute Gasteiger partial charge is 0.277 e. The van der Waals surface area contributed by atoms with Gasteiger partial charge < -0.3 is 20.5 Å². The van der Waals surface area contributed by atoms with Gasteiger partial charge in [-0.05, 0) is 56.0 Å². The van der Waals surface area contributed by atoms with Crippen molar-refractivity contribution in [3.8, 4) is 28.3 Å². The zero-order valence-corrected chi connectivity index (χ0v) is 24.6. The predicted molar refractivity (Wildman–Crippen MR) is 164 cm³/mol. The van der Waals surface area contributed by atoms with E-state index in [2.05, 4.69) is 20.8 Å². The lowest BCUT2D eigenvalue weighted by Crippen LogP contribution is -2.41. The second kappa shape index (κ2) is 12.9. The van der Waals surface area contributed by atoms with Crippen molar-refractivity contribution >= 4 is 23.2 Å². The van der Waals surface area contributed by atoms with E-state index in [1.165, 1.54) is 6.07 Å². The Balaban J connectivity index is 1.41. The van der Waals surface area contributed by atoms with Crippen LogP contribution in [-0.4, -0.2) is 45.5 Å². The molecular formula is C32H34ClN5O4. The summed E-state index contributed by atoms with van der Waals surface area (Å²) in [6.07, 6.45) is 3.60. The standard InChI is InChI=1S/C32H34ClN5O4/c1-18-16-24(31(41)38-37-18)30(40)35-25-12-7-8-21(19(25)2)22-9-6-10-23(29(22)33)26-15-14-20(32(36-26)42-3)17-34-27-11-4-5-13-28(27)39/h6-10,12,14-16,27-28,34,39H,4-5,11,13,17H2,1-3H3,(H,35,40)(H,38,41). The highest BCUT2D eigenvalue weighted by molar-refractivity contribution is 6.36. The van der Waals surface area contributed by atoms with Crippen molar-refractivity contribution < 1.29 is 14.6 Å². The minimum absolute atomic E-state index is 0.0130. The molecule has 1 saturated carbocycles. The van der Waals surface area contributed by atoms with Crippen molar-refractivity contribution in [1.29, 1.82) is 0 Å². The summed E-state index contributed by atoms with van der Waals surface area (Å²) in [5, 5.41) is 23.3. The zero-order chi connectivity index (χ0) is 29.8. The first kappa shape index (κ1) is 29.4. The number of carbonyl (C=O) groups is 1. The summed E-state index contributed by atoms with van der Waals surface area (Å²) in [6.45, 7) is 4.13. The maximum atomic E-state index is 12.9. The number of aliphatic hydroxyl groups excluding tert-OH is 1. The number of nitrogens with one attached hydrogen (secondary N) is 3. The molecule has 4 aromatic rings. The topological polar surface area (TPSA) is 129 Å². The number of methoxy groups -OCH3 is 1. The Bertz CT molecular complexity index is 1670. The zero-order valence-electron chi connectivity index (χ0n) is 23.8. The van der Waals surface area contributed by atoms with E-state index in [1.54, 1.807) is 20.1 Å². The van der Waals surface area contributed by atoms with E-state index in [-0.39, 0.29) is 17.7 Å². The molecule has 1 fully saturated rings. The van der Waals surface area contributed by atoms with Crippen LogP contribution in [0.5, 0.6) is 5.88 Å². The maximum absolute atomic E-state index is 12.9. The largest absolute Gasteiger partial charge is 0.481 e. The molecule has 2 aromatic carbocycles. The number of H-pyrrole nitrogens is 1. The molecule has 0 bridgehead atoms. The lowest BCUT2D eigenvalue weighted by atomic mass is 9.92. The highest BCUT2D eigenvalue weighted by Crippen LogP contribution is 2.39. The predicted octanol–water partition coefficient (Wildman–Crippen LogP) is 5.42. The molecule has 42 heavy (non-hydrogen) atoms. The molecule has 1 amide bonds. The monoisotopic (exact) mass is 587 g/mol. The maximum Gasteiger partial charge on any atom is 0.277 e. The van der Waals surface area contributed by atoms with Gasteiger partial charge in [-0.3, -0.25) is 9.59 Å². The Morgan fingerprint density at radius 1 is 1.07 bits per heavy atom. The van der Waals surface area contributed by atoms with Gasteiger partial charge in [0.15, 0.2) is 0 Å². The van der Waals surface area contributed by atoms with E-state index in [0.717, 1.165) is 53.5 Å². The summed E-state index contributed by atoms with van der Waals surface area (Å²) in [5.74, 6) is -0.0280. The third-order valence-corrected chi connectivity index (χ3v) is 8.15. The number of benzene rings is 2. The molecule has 2 aromatic heterocycles. The molecule has 2 atom stereocenters. The minimum atomic E-state index is -0.557. The first-order valence-electron chi connectivity index (χ1n) is 14.0. The third-order valence-electron chi connectivity index (χ3n) is 7.74. The third kappa shape index (κ3) is 6.23. The lowest BCUT2D eigenvalue weighted by molar-refractivity contribution is 0.0901. The van der Waals surface area contributed by atoms with Crippen molar-refractivity contribution in [2.24, 2.45) is 0 Å². The summed E-state index contributed by atoms with van der Waals surface area (Å²) < 4.78 is 5.63. The first-order valence-corrected chi connectivity index (χ1v) is 14.4. The summed E-state index contributed by atoms with van der Waals surface area (Å²) in [4.78, 5) is 29.8. The fourth-order valence-electron chi connectivity index (χ4n) is 5.39. The second-order valence-corrected chi connectivity index (χ2v) is 10.9. The van der Waals surface area contributed by atoms with Gasteiger partial charge in [-0.25, -0.2) is 10.1 Å². The highest BCUT2D eigenvalue weighted by atomic mass is 35.5. The summed E-state index contributed by atoms with van der Waals surface area (Å²) in [7, 11) is 1.59. The van der Waals surface area contributed by atoms with Crippen molar-refractivity contribution in [3.05, 3.63) is 92.4 Å². The molecule has 1 aliphatic carbocycles. The van der Waals surface area contributed by atoms with Gasteiger partial charge in [0.2, 0.25) is 5.88 Å². The minimum Gasteiger partial charge on any atom is -0.481 e. The molecule has 0 saturated heterocycles. The Labute approximate surface area is 249 Å². The van der Waals surface area contributed by atoms with Crippen LogP contribution in [0.3, 0.4) is 0 Å². The number of hydrogen-bond acceptors (Lipinski definition) is 7. The lowest BCUT2D eigenvalue weighted by Gasteiger charge is -2.28. The number of aryl methyl sites for hydroxylation is 1. The number of aromatic amines is 1. The number of ether oxygens (including phenoxy) is 1. The number of carbonyl (C=O) groups excluding carboxylic acids is 1. The SMILES string of the molecule is COc1nc(-c2cccc(-c3cccc(NC(=O)c4cc(C)n[nH]c4=O)c3C)c2Cl)ccc1CNC1CCCCC1O. The van der Waals surface area contributed by atoms with Crippen molar-refractivity contribution in [2.45, 2.75) is 58.2 Å². The number of aromatic nitrogens is 3. The van der Waals surface area contributed by atoms with E-state index in [0.29, 0.717) is 34.5 Å². The molecule has 1 aliphatic rings. The number of amides is 1. The number of hydrogen-bond donors (Lipinski definition) is 4. The van der Waals surface area contributed by atoms with E-state index in [4.69, 9.17) is 21.3 Å². The quantitative estimate of drug-likeness (QED) is 0.216. The van der Waals surface area contributed by atoms with Crippen LogP contribution >= 0.6 is 11.6 Å². The van der Waals surface area contributed by atoms with Gasteiger partial charge in [-0.1, -0.05) is 60.8 Å². The Hall–Kier alpha value is -4.05. The average Bonchev–Trinajstić information content (AvgIpc) is 2.99. The normalized spacial score (nSPS) is 16.7. The van der Waals surface area contributed by atoms with Crippen LogP contribution in [0.15, 0.2) is 59.4 Å². The molecule has 10 heteroatoms. The molecule has 5 rings (SSSR count). The number of nitrogens with zero attached hydrogens (tertiary/aromatic N) is 2. The van der Waals surface area contributed by atoms with Crippen LogP contribution in [-0.2, 0) is 6.54 Å². The van der Waals surface area contributed by atoms with Gasteiger partial charge >= 0.3 is 0 Å². The molecule has 9 nitrogen and oxygen atoms in total. The molecule has 2 heterocycles. The van der Waals surface area contributed by atoms with Crippen LogP contribution < -0.4 is 20.9 Å². The van der Waals surface area contributed by atoms with Gasteiger partial charge in [0, 0.05) is 35.0 Å². The fraction of sp³-hybridized carbons (Fsp3) is 0.312. The number of pyridine rings is 1. The molecule has 4 N–H and O–H groups in total. The van der Waals surface area contributed by atoms with Crippen LogP contribution in [0, 0.1) is 13.8 Å². The van der Waals surface area contributed by atoms with Crippen LogP contribution in [0.2, 0.25) is 5.02 Å². The molecule has 0 radical (unpaired) electrons. The molecular weight excluding hydrogens is 554 g/mol. The van der Waals surface area contributed by atoms with E-state index in [9.17, 15) is 14.7 Å². The van der Waals surface area contributed by atoms with E-state index < -0.39 is 11.5 Å². The number of anilines is 1. The number of aliphatic hydroxyl groups is 1. The van der Waals surface area contributed by atoms with Crippen molar-refractivity contribution in [1.82, 2.24) is 20.5 Å². The van der Waals surface area contributed by atoms with Crippen LogP contribution in [0.25, 0.3) is 22.4 Å². The Kier molecular flexibility index (Phi) is 9.01. The fourth-order valence-corrected chi connectivity index (χ4v) is 5.71. The highest BCUT2D eigenvalue weighted by Gasteiger charge is 2.23. The first-order chi connectivity index (χ1) is 20.3. The number of rotatable bonds is 8. The molecule has 218 valence electrons. The number of halogens is 1. The van der Waals surface area contributed by atoms with Gasteiger partial charge in [-0.15, -0.1) is 0 Å². The average molecular weight is 588 g/mol. The molecule has 0 spiro atoms. The van der Waals surface area contributed by atoms with Crippen LogP contribution in [0.1, 0.15) is 52.9 Å². The van der Waals surface area contributed by atoms with Crippen LogP contribution in [0.4, 0.5) is 5.69 Å². The Morgan fingerprint density at radius 2 is 1.81 bits per heavy atom. The summed E-state index contributed by atoms with van der Waals surface area (Å²) in [6, 6.07) is 16.7. The second-order valence-electron chi connectivity index (χ2n) is 10.6. The van der Waals surface area contributed by atoms with E-state index >= 15 is 0 Å². The molecule has 2 unspecified atom stereocenters. The summed E-state index contributed by atoms with van der Waals surface area (Å²) >= 11 is 7.00. The van der Waals surface area contributed by atoms with Gasteiger partial charge in [0.05, 0.1) is 29.6 Å². The Morgan fingerprint density at radius 3 is 2.60 bits per heavy atom. The van der Waals surface area contributed by atoms with Crippen molar-refractivity contribution in [2.75, 3.05) is 12.4 Å².